The van der Waals surface area contributed by atoms with Crippen LogP contribution < -0.4 is 10.2 Å². The van der Waals surface area contributed by atoms with Crippen LogP contribution in [0.1, 0.15) is 45.9 Å². The van der Waals surface area contributed by atoms with Crippen LogP contribution in [-0.4, -0.2) is 45.9 Å². The lowest BCUT2D eigenvalue weighted by molar-refractivity contribution is 0.100. The van der Waals surface area contributed by atoms with Gasteiger partial charge in [-0.1, -0.05) is 6.07 Å². The summed E-state index contributed by atoms with van der Waals surface area (Å²) in [5.74, 6) is 0.772. The Morgan fingerprint density at radius 2 is 1.95 bits per heavy atom. The average Bonchev–Trinajstić information content (AvgIpc) is 3.73. The molecule has 0 bridgehead atoms. The Bertz CT molecular complexity index is 1960. The predicted molar refractivity (Wildman–Crippen MR) is 160 cm³/mol. The summed E-state index contributed by atoms with van der Waals surface area (Å²) in [6.45, 7) is 1.67. The number of halogens is 1. The zero-order valence-corrected chi connectivity index (χ0v) is 23.8. The smallest absolute Gasteiger partial charge is 0.264 e. The fourth-order valence-corrected chi connectivity index (χ4v) is 5.79. The van der Waals surface area contributed by atoms with Crippen LogP contribution in [0.15, 0.2) is 60.9 Å². The molecular weight excluding hydrogens is 545 g/mol. The number of benzene rings is 3. The van der Waals surface area contributed by atoms with Crippen molar-refractivity contribution in [2.45, 2.75) is 25.3 Å². The van der Waals surface area contributed by atoms with Crippen LogP contribution in [0.2, 0.25) is 0 Å². The highest BCUT2D eigenvalue weighted by atomic mass is 19.1. The molecule has 0 spiro atoms. The summed E-state index contributed by atoms with van der Waals surface area (Å²) < 4.78 is 22.1. The van der Waals surface area contributed by atoms with E-state index in [1.165, 1.54) is 6.07 Å². The first kappa shape index (κ1) is 26.9. The van der Waals surface area contributed by atoms with E-state index in [2.05, 4.69) is 27.6 Å². The van der Waals surface area contributed by atoms with Gasteiger partial charge in [-0.15, -0.1) is 10.2 Å². The Labute approximate surface area is 247 Å². The van der Waals surface area contributed by atoms with Gasteiger partial charge in [-0.25, -0.2) is 9.37 Å². The number of amides is 1. The molecular formula is C33H28FN7O2. The highest BCUT2D eigenvalue weighted by Gasteiger charge is 2.35. The molecule has 0 radical (unpaired) electrons. The minimum atomic E-state index is -0.375. The SMILES string of the molecule is COCCNCc1cc2c3c(ccc(F)c3c1)N(c1cc(-c3ccc(C#N)cc3-c3nncn3C)cc(C3CC3)n1)C2=O. The quantitative estimate of drug-likeness (QED) is 0.228. The maximum Gasteiger partial charge on any atom is 0.264 e. The lowest BCUT2D eigenvalue weighted by atomic mass is 9.96. The van der Waals surface area contributed by atoms with E-state index in [0.717, 1.165) is 40.8 Å². The van der Waals surface area contributed by atoms with Gasteiger partial charge in [-0.05, 0) is 78.1 Å². The Balaban J connectivity index is 1.36. The fourth-order valence-electron chi connectivity index (χ4n) is 5.79. The number of ether oxygens (including phenoxy) is 1. The summed E-state index contributed by atoms with van der Waals surface area (Å²) >= 11 is 0. The number of carbonyl (C=O) groups excluding carboxylic acids is 1. The molecule has 0 saturated heterocycles. The third-order valence-corrected chi connectivity index (χ3v) is 8.05. The molecule has 9 nitrogen and oxygen atoms in total. The normalized spacial score (nSPS) is 14.1. The number of carbonyl (C=O) groups is 1. The maximum atomic E-state index is 15.2. The number of aromatic nitrogens is 4. The molecule has 2 aliphatic rings. The maximum absolute atomic E-state index is 15.2. The van der Waals surface area contributed by atoms with E-state index in [0.29, 0.717) is 64.8 Å². The van der Waals surface area contributed by atoms with E-state index in [1.807, 2.05) is 29.8 Å². The Hall–Kier alpha value is -4.98. The fraction of sp³-hybridized carbons (Fsp3) is 0.242. The van der Waals surface area contributed by atoms with E-state index >= 15 is 4.39 Å². The number of aryl methyl sites for hydroxylation is 1. The van der Waals surface area contributed by atoms with E-state index in [9.17, 15) is 10.1 Å². The summed E-state index contributed by atoms with van der Waals surface area (Å²) in [4.78, 5) is 20.7. The van der Waals surface area contributed by atoms with Gasteiger partial charge in [0.25, 0.3) is 5.91 Å². The zero-order valence-electron chi connectivity index (χ0n) is 23.8. The number of nitrogens with one attached hydrogen (secondary N) is 1. The summed E-state index contributed by atoms with van der Waals surface area (Å²) in [5.41, 5.74) is 5.72. The molecule has 1 aliphatic heterocycles. The molecule has 3 aromatic carbocycles. The minimum Gasteiger partial charge on any atom is -0.383 e. The van der Waals surface area contributed by atoms with Gasteiger partial charge < -0.3 is 14.6 Å². The number of anilines is 2. The second kappa shape index (κ2) is 10.7. The van der Waals surface area contributed by atoms with Crippen LogP contribution in [0, 0.1) is 17.1 Å². The molecule has 43 heavy (non-hydrogen) atoms. The monoisotopic (exact) mass is 573 g/mol. The van der Waals surface area contributed by atoms with E-state index < -0.39 is 0 Å². The van der Waals surface area contributed by atoms with Crippen molar-refractivity contribution >= 4 is 28.2 Å². The molecule has 10 heteroatoms. The molecule has 7 rings (SSSR count). The average molecular weight is 574 g/mol. The van der Waals surface area contributed by atoms with E-state index in [-0.39, 0.29) is 11.7 Å². The van der Waals surface area contributed by atoms with Gasteiger partial charge in [0.2, 0.25) is 0 Å². The van der Waals surface area contributed by atoms with Gasteiger partial charge in [-0.2, -0.15) is 5.26 Å². The summed E-state index contributed by atoms with van der Waals surface area (Å²) in [6, 6.07) is 18.3. The van der Waals surface area contributed by atoms with Crippen LogP contribution in [0.25, 0.3) is 33.3 Å². The number of nitriles is 1. The van der Waals surface area contributed by atoms with Crippen molar-refractivity contribution in [2.24, 2.45) is 7.05 Å². The number of nitrogens with zero attached hydrogens (tertiary/aromatic N) is 6. The Kier molecular flexibility index (Phi) is 6.69. The molecule has 1 saturated carbocycles. The minimum absolute atomic E-state index is 0.246. The predicted octanol–water partition coefficient (Wildman–Crippen LogP) is 5.61. The van der Waals surface area contributed by atoms with Crippen LogP contribution in [0.4, 0.5) is 15.9 Å². The van der Waals surface area contributed by atoms with Crippen molar-refractivity contribution in [1.29, 1.82) is 5.26 Å². The van der Waals surface area contributed by atoms with Gasteiger partial charge in [0, 0.05) is 55.2 Å². The van der Waals surface area contributed by atoms with Crippen molar-refractivity contribution in [3.63, 3.8) is 0 Å². The third kappa shape index (κ3) is 4.73. The van der Waals surface area contributed by atoms with Crippen molar-refractivity contribution in [2.75, 3.05) is 25.2 Å². The zero-order chi connectivity index (χ0) is 29.7. The Morgan fingerprint density at radius 3 is 2.70 bits per heavy atom. The van der Waals surface area contributed by atoms with Gasteiger partial charge in [0.15, 0.2) is 5.82 Å². The standard InChI is InChI=1S/C33H28FN7O2/c1-40-18-37-39-32(40)24-11-19(16-35)3-6-23(24)22-14-28(21-4-5-21)38-30(15-22)41-29-8-7-27(34)25-12-20(17-36-9-10-43-2)13-26(31(25)29)33(41)42/h3,6-8,11-15,18,21,36H,4-5,9-10,17H2,1-2H3. The molecule has 3 heterocycles. The van der Waals surface area contributed by atoms with Crippen LogP contribution >= 0.6 is 0 Å². The summed E-state index contributed by atoms with van der Waals surface area (Å²) in [7, 11) is 3.49. The van der Waals surface area contributed by atoms with Crippen molar-refractivity contribution < 1.29 is 13.9 Å². The highest BCUT2D eigenvalue weighted by Crippen LogP contribution is 2.46. The van der Waals surface area contributed by atoms with E-state index in [4.69, 9.17) is 9.72 Å². The lowest BCUT2D eigenvalue weighted by Crippen LogP contribution is -2.23. The highest BCUT2D eigenvalue weighted by molar-refractivity contribution is 6.27. The van der Waals surface area contributed by atoms with Crippen LogP contribution in [-0.2, 0) is 18.3 Å². The first-order valence-corrected chi connectivity index (χ1v) is 14.2. The molecule has 1 amide bonds. The molecule has 0 atom stereocenters. The molecule has 5 aromatic rings. The second-order valence-corrected chi connectivity index (χ2v) is 11.0. The number of hydrogen-bond donors (Lipinski definition) is 1. The van der Waals surface area contributed by atoms with Gasteiger partial charge in [0.05, 0.1) is 29.5 Å². The van der Waals surface area contributed by atoms with E-state index in [1.54, 1.807) is 42.6 Å². The number of pyridine rings is 1. The lowest BCUT2D eigenvalue weighted by Gasteiger charge is -2.20. The second-order valence-electron chi connectivity index (χ2n) is 11.0. The van der Waals surface area contributed by atoms with Gasteiger partial charge >= 0.3 is 0 Å². The van der Waals surface area contributed by atoms with Crippen molar-refractivity contribution in [1.82, 2.24) is 25.1 Å². The third-order valence-electron chi connectivity index (χ3n) is 8.05. The largest absolute Gasteiger partial charge is 0.383 e. The summed E-state index contributed by atoms with van der Waals surface area (Å²) in [5, 5.41) is 22.2. The number of methoxy groups -OCH3 is 1. The molecule has 0 unspecified atom stereocenters. The first-order chi connectivity index (χ1) is 21.0. The molecule has 2 aromatic heterocycles. The first-order valence-electron chi connectivity index (χ1n) is 14.2. The summed E-state index contributed by atoms with van der Waals surface area (Å²) in [6.07, 6.45) is 3.66. The van der Waals surface area contributed by atoms with Gasteiger partial charge in [-0.3, -0.25) is 9.69 Å². The van der Waals surface area contributed by atoms with Crippen molar-refractivity contribution in [3.05, 3.63) is 89.1 Å². The number of rotatable bonds is 9. The molecule has 1 N–H and O–H groups in total. The Morgan fingerprint density at radius 1 is 1.09 bits per heavy atom. The molecule has 1 aliphatic carbocycles. The molecule has 1 fully saturated rings. The van der Waals surface area contributed by atoms with Gasteiger partial charge in [0.1, 0.15) is 18.0 Å². The van der Waals surface area contributed by atoms with Crippen LogP contribution in [0.5, 0.6) is 0 Å². The van der Waals surface area contributed by atoms with Crippen LogP contribution in [0.3, 0.4) is 0 Å². The van der Waals surface area contributed by atoms with Crippen molar-refractivity contribution in [3.8, 4) is 28.6 Å². The number of hydrogen-bond acceptors (Lipinski definition) is 7. The molecule has 214 valence electrons. The topological polar surface area (TPSA) is 109 Å².